The van der Waals surface area contributed by atoms with Crippen LogP contribution in [0.4, 0.5) is 0 Å². The molecule has 0 radical (unpaired) electrons. The molecule has 3 rings (SSSR count). The molecule has 8 heteroatoms. The third-order valence-electron chi connectivity index (χ3n) is 4.95. The van der Waals surface area contributed by atoms with Crippen molar-refractivity contribution < 1.29 is 17.7 Å². The molecule has 0 aliphatic carbocycles. The molecule has 0 saturated carbocycles. The maximum atomic E-state index is 12.8. The van der Waals surface area contributed by atoms with Crippen LogP contribution in [0.2, 0.25) is 0 Å². The van der Waals surface area contributed by atoms with Crippen molar-refractivity contribution in [2.45, 2.75) is 44.6 Å². The van der Waals surface area contributed by atoms with E-state index in [4.69, 9.17) is 4.52 Å². The summed E-state index contributed by atoms with van der Waals surface area (Å²) in [5.74, 6) is 0.512. The van der Waals surface area contributed by atoms with Crippen LogP contribution in [0.5, 0.6) is 0 Å². The predicted octanol–water partition coefficient (Wildman–Crippen LogP) is 2.40. The summed E-state index contributed by atoms with van der Waals surface area (Å²) < 4.78 is 32.1. The SMILES string of the molecule is Cc1noc(C)c1S(=O)(=O)N1CCC(CC(=O)NCc2ccccc2)CC1. The third-order valence-corrected chi connectivity index (χ3v) is 7.09. The number of nitrogens with zero attached hydrogens (tertiary/aromatic N) is 2. The van der Waals surface area contributed by atoms with Crippen molar-refractivity contribution in [3.8, 4) is 0 Å². The van der Waals surface area contributed by atoms with E-state index in [1.165, 1.54) is 4.31 Å². The monoisotopic (exact) mass is 391 g/mol. The highest BCUT2D eigenvalue weighted by Gasteiger charge is 2.34. The van der Waals surface area contributed by atoms with Crippen molar-refractivity contribution in [1.82, 2.24) is 14.8 Å². The van der Waals surface area contributed by atoms with Crippen molar-refractivity contribution in [3.63, 3.8) is 0 Å². The van der Waals surface area contributed by atoms with Gasteiger partial charge in [0.2, 0.25) is 15.9 Å². The standard InChI is InChI=1S/C19H25N3O4S/c1-14-19(15(2)26-21-14)27(24,25)22-10-8-16(9-11-22)12-18(23)20-13-17-6-4-3-5-7-17/h3-7,16H,8-13H2,1-2H3,(H,20,23). The Kier molecular flexibility index (Phi) is 5.96. The second-order valence-corrected chi connectivity index (χ2v) is 8.84. The molecule has 0 atom stereocenters. The van der Waals surface area contributed by atoms with Gasteiger partial charge in [0.15, 0.2) is 5.76 Å². The molecule has 0 unspecified atom stereocenters. The fourth-order valence-electron chi connectivity index (χ4n) is 3.46. The van der Waals surface area contributed by atoms with E-state index in [1.54, 1.807) is 13.8 Å². The Labute approximate surface area is 159 Å². The normalized spacial score (nSPS) is 16.4. The number of carbonyl (C=O) groups excluding carboxylic acids is 1. The lowest BCUT2D eigenvalue weighted by Gasteiger charge is -2.30. The molecule has 2 heterocycles. The maximum Gasteiger partial charge on any atom is 0.248 e. The molecule has 1 aromatic heterocycles. The first kappa shape index (κ1) is 19.6. The fourth-order valence-corrected chi connectivity index (χ4v) is 5.22. The van der Waals surface area contributed by atoms with Crippen LogP contribution in [-0.2, 0) is 21.4 Å². The highest BCUT2D eigenvalue weighted by atomic mass is 32.2. The van der Waals surface area contributed by atoms with Gasteiger partial charge < -0.3 is 9.84 Å². The maximum absolute atomic E-state index is 12.8. The lowest BCUT2D eigenvalue weighted by molar-refractivity contribution is -0.122. The molecule has 1 N–H and O–H groups in total. The van der Waals surface area contributed by atoms with Gasteiger partial charge in [0.05, 0.1) is 0 Å². The van der Waals surface area contributed by atoms with Crippen LogP contribution < -0.4 is 5.32 Å². The van der Waals surface area contributed by atoms with Crippen molar-refractivity contribution in [2.75, 3.05) is 13.1 Å². The Bertz CT molecular complexity index is 865. The van der Waals surface area contributed by atoms with Crippen LogP contribution in [0, 0.1) is 19.8 Å². The topological polar surface area (TPSA) is 92.5 Å². The van der Waals surface area contributed by atoms with E-state index >= 15 is 0 Å². The van der Waals surface area contributed by atoms with Gasteiger partial charge in [-0.15, -0.1) is 0 Å². The van der Waals surface area contributed by atoms with E-state index in [-0.39, 0.29) is 16.7 Å². The average Bonchev–Trinajstić information content (AvgIpc) is 3.00. The van der Waals surface area contributed by atoms with Crippen LogP contribution >= 0.6 is 0 Å². The van der Waals surface area contributed by atoms with Gasteiger partial charge in [0, 0.05) is 26.1 Å². The van der Waals surface area contributed by atoms with Crippen molar-refractivity contribution in [3.05, 3.63) is 47.3 Å². The first-order chi connectivity index (χ1) is 12.9. The van der Waals surface area contributed by atoms with Gasteiger partial charge in [-0.25, -0.2) is 8.42 Å². The number of benzene rings is 1. The highest BCUT2D eigenvalue weighted by molar-refractivity contribution is 7.89. The van der Waals surface area contributed by atoms with E-state index in [1.807, 2.05) is 30.3 Å². The molecule has 1 aromatic carbocycles. The number of rotatable bonds is 6. The summed E-state index contributed by atoms with van der Waals surface area (Å²) in [6, 6.07) is 9.76. The Morgan fingerprint density at radius 3 is 2.48 bits per heavy atom. The second-order valence-electron chi connectivity index (χ2n) is 6.97. The number of amides is 1. The smallest absolute Gasteiger partial charge is 0.248 e. The number of nitrogens with one attached hydrogen (secondary N) is 1. The van der Waals surface area contributed by atoms with E-state index in [9.17, 15) is 13.2 Å². The molecule has 1 fully saturated rings. The van der Waals surface area contributed by atoms with Crippen molar-refractivity contribution in [2.24, 2.45) is 5.92 Å². The molecule has 27 heavy (non-hydrogen) atoms. The summed E-state index contributed by atoms with van der Waals surface area (Å²) in [5, 5.41) is 6.68. The minimum Gasteiger partial charge on any atom is -0.360 e. The molecular formula is C19H25N3O4S. The molecule has 1 amide bonds. The Morgan fingerprint density at radius 1 is 1.22 bits per heavy atom. The summed E-state index contributed by atoms with van der Waals surface area (Å²) >= 11 is 0. The second kappa shape index (κ2) is 8.22. The van der Waals surface area contributed by atoms with E-state index in [0.29, 0.717) is 50.4 Å². The molecule has 7 nitrogen and oxygen atoms in total. The minimum absolute atomic E-state index is 0.00545. The van der Waals surface area contributed by atoms with E-state index in [2.05, 4.69) is 10.5 Å². The largest absolute Gasteiger partial charge is 0.360 e. The van der Waals surface area contributed by atoms with Crippen LogP contribution in [0.25, 0.3) is 0 Å². The Balaban J connectivity index is 1.51. The van der Waals surface area contributed by atoms with Crippen LogP contribution in [0.3, 0.4) is 0 Å². The average molecular weight is 391 g/mol. The summed E-state index contributed by atoms with van der Waals surface area (Å²) in [7, 11) is -3.60. The van der Waals surface area contributed by atoms with Gasteiger partial charge in [-0.2, -0.15) is 4.31 Å². The third kappa shape index (κ3) is 4.56. The van der Waals surface area contributed by atoms with Gasteiger partial charge in [-0.05, 0) is 38.2 Å². The fraction of sp³-hybridized carbons (Fsp3) is 0.474. The van der Waals surface area contributed by atoms with Gasteiger partial charge in [-0.3, -0.25) is 4.79 Å². The lowest BCUT2D eigenvalue weighted by atomic mass is 9.94. The quantitative estimate of drug-likeness (QED) is 0.816. The zero-order valence-electron chi connectivity index (χ0n) is 15.6. The van der Waals surface area contributed by atoms with Crippen LogP contribution in [-0.4, -0.2) is 36.9 Å². The molecule has 1 aliphatic rings. The number of sulfonamides is 1. The van der Waals surface area contributed by atoms with Gasteiger partial charge in [0.25, 0.3) is 0 Å². The number of piperidine rings is 1. The van der Waals surface area contributed by atoms with Crippen LogP contribution in [0.15, 0.2) is 39.8 Å². The van der Waals surface area contributed by atoms with Crippen molar-refractivity contribution >= 4 is 15.9 Å². The number of hydrogen-bond acceptors (Lipinski definition) is 5. The van der Waals surface area contributed by atoms with Crippen molar-refractivity contribution in [1.29, 1.82) is 0 Å². The molecule has 0 bridgehead atoms. The highest BCUT2D eigenvalue weighted by Crippen LogP contribution is 2.28. The molecule has 2 aromatic rings. The zero-order chi connectivity index (χ0) is 19.4. The number of aromatic nitrogens is 1. The zero-order valence-corrected chi connectivity index (χ0v) is 16.5. The van der Waals surface area contributed by atoms with E-state index in [0.717, 1.165) is 5.56 Å². The van der Waals surface area contributed by atoms with E-state index < -0.39 is 10.0 Å². The van der Waals surface area contributed by atoms with Gasteiger partial charge in [-0.1, -0.05) is 35.5 Å². The number of aryl methyl sites for hydroxylation is 2. The molecule has 146 valence electrons. The first-order valence-corrected chi connectivity index (χ1v) is 10.6. The summed E-state index contributed by atoms with van der Waals surface area (Å²) in [5.41, 5.74) is 1.45. The Hall–Kier alpha value is -2.19. The predicted molar refractivity (Wildman–Crippen MR) is 100 cm³/mol. The molecular weight excluding hydrogens is 366 g/mol. The minimum atomic E-state index is -3.60. The summed E-state index contributed by atoms with van der Waals surface area (Å²) in [4.78, 5) is 12.3. The number of hydrogen-bond donors (Lipinski definition) is 1. The Morgan fingerprint density at radius 2 is 1.89 bits per heavy atom. The molecule has 0 spiro atoms. The lowest BCUT2D eigenvalue weighted by Crippen LogP contribution is -2.39. The molecule has 1 aliphatic heterocycles. The number of carbonyl (C=O) groups is 1. The van der Waals surface area contributed by atoms with Gasteiger partial charge in [0.1, 0.15) is 10.6 Å². The van der Waals surface area contributed by atoms with Gasteiger partial charge >= 0.3 is 0 Å². The summed E-state index contributed by atoms with van der Waals surface area (Å²) in [6.45, 7) is 4.56. The summed E-state index contributed by atoms with van der Waals surface area (Å²) in [6.07, 6.45) is 1.76. The first-order valence-electron chi connectivity index (χ1n) is 9.11. The molecule has 1 saturated heterocycles. The van der Waals surface area contributed by atoms with Crippen LogP contribution in [0.1, 0.15) is 36.3 Å².